The van der Waals surface area contributed by atoms with E-state index >= 15 is 0 Å². The Kier molecular flexibility index (Phi) is 7.38. The van der Waals surface area contributed by atoms with Crippen LogP contribution in [0.1, 0.15) is 30.5 Å². The van der Waals surface area contributed by atoms with Gasteiger partial charge in [0.15, 0.2) is 0 Å². The summed E-state index contributed by atoms with van der Waals surface area (Å²) in [5.41, 5.74) is 15.5. The number of anilines is 5. The molecule has 0 unspecified atom stereocenters. The Bertz CT molecular complexity index is 2240. The number of aromatic nitrogens is 1. The molecule has 0 atom stereocenters. The molecule has 1 aliphatic rings. The van der Waals surface area contributed by atoms with Gasteiger partial charge in [-0.2, -0.15) is 0 Å². The Morgan fingerprint density at radius 3 is 1.96 bits per heavy atom. The molecule has 48 heavy (non-hydrogen) atoms. The van der Waals surface area contributed by atoms with Crippen LogP contribution in [0.15, 0.2) is 164 Å². The first-order valence-corrected chi connectivity index (χ1v) is 16.6. The molecule has 0 fully saturated rings. The van der Waals surface area contributed by atoms with E-state index in [-0.39, 0.29) is 5.41 Å². The van der Waals surface area contributed by atoms with Crippen LogP contribution in [-0.4, -0.2) is 4.98 Å². The van der Waals surface area contributed by atoms with E-state index in [1.54, 1.807) is 0 Å². The molecular weight excluding hydrogens is 583 g/mol. The van der Waals surface area contributed by atoms with Gasteiger partial charge in [-0.25, -0.2) is 4.98 Å². The first-order chi connectivity index (χ1) is 23.5. The number of para-hydroxylation sites is 1. The highest BCUT2D eigenvalue weighted by atomic mass is 15.2. The zero-order valence-corrected chi connectivity index (χ0v) is 27.5. The van der Waals surface area contributed by atoms with E-state index < -0.39 is 0 Å². The van der Waals surface area contributed by atoms with E-state index in [1.165, 1.54) is 44.5 Å². The van der Waals surface area contributed by atoms with E-state index in [9.17, 15) is 0 Å². The summed E-state index contributed by atoms with van der Waals surface area (Å²) in [5, 5.41) is 3.65. The number of aryl methyl sites for hydroxylation is 1. The normalized spacial score (nSPS) is 12.6. The number of rotatable bonds is 7. The van der Waals surface area contributed by atoms with Crippen LogP contribution >= 0.6 is 0 Å². The van der Waals surface area contributed by atoms with Gasteiger partial charge in [-0.05, 0) is 112 Å². The van der Waals surface area contributed by atoms with Crippen LogP contribution in [0.5, 0.6) is 0 Å². The minimum atomic E-state index is -0.0854. The summed E-state index contributed by atoms with van der Waals surface area (Å²) >= 11 is 0. The predicted molar refractivity (Wildman–Crippen MR) is 202 cm³/mol. The zero-order valence-electron chi connectivity index (χ0n) is 27.5. The minimum Gasteiger partial charge on any atom is -0.355 e. The molecule has 1 heterocycles. The first-order valence-electron chi connectivity index (χ1n) is 16.6. The van der Waals surface area contributed by atoms with Gasteiger partial charge in [0.2, 0.25) is 0 Å². The van der Waals surface area contributed by atoms with Gasteiger partial charge in [-0.15, -0.1) is 0 Å². The number of benzene rings is 6. The maximum atomic E-state index is 4.80. The molecule has 3 heteroatoms. The molecule has 0 radical (unpaired) electrons. The summed E-state index contributed by atoms with van der Waals surface area (Å²) in [4.78, 5) is 7.06. The van der Waals surface area contributed by atoms with Crippen molar-refractivity contribution in [2.75, 3.05) is 10.2 Å². The van der Waals surface area contributed by atoms with Crippen molar-refractivity contribution in [3.05, 3.63) is 181 Å². The topological polar surface area (TPSA) is 28.2 Å². The van der Waals surface area contributed by atoms with Crippen LogP contribution in [0, 0.1) is 6.92 Å². The quantitative estimate of drug-likeness (QED) is 0.192. The predicted octanol–water partition coefficient (Wildman–Crippen LogP) is 12.2. The molecular formula is C45H37N3. The molecule has 1 aromatic heterocycles. The van der Waals surface area contributed by atoms with Gasteiger partial charge in [-0.1, -0.05) is 111 Å². The lowest BCUT2D eigenvalue weighted by atomic mass is 9.82. The van der Waals surface area contributed by atoms with Gasteiger partial charge in [0.05, 0.1) is 0 Å². The third-order valence-electron chi connectivity index (χ3n) is 9.67. The summed E-state index contributed by atoms with van der Waals surface area (Å²) in [6.45, 7) is 6.83. The maximum absolute atomic E-state index is 4.80. The van der Waals surface area contributed by atoms with Crippen LogP contribution in [0.4, 0.5) is 28.6 Å². The molecule has 3 nitrogen and oxygen atoms in total. The summed E-state index contributed by atoms with van der Waals surface area (Å²) in [7, 11) is 0. The molecule has 1 N–H and O–H groups in total. The summed E-state index contributed by atoms with van der Waals surface area (Å²) in [6.07, 6.45) is 1.86. The monoisotopic (exact) mass is 619 g/mol. The van der Waals surface area contributed by atoms with Crippen molar-refractivity contribution in [3.8, 4) is 33.4 Å². The lowest BCUT2D eigenvalue weighted by molar-refractivity contribution is 0.660. The van der Waals surface area contributed by atoms with Crippen molar-refractivity contribution in [2.24, 2.45) is 0 Å². The van der Waals surface area contributed by atoms with Crippen molar-refractivity contribution >= 4 is 28.6 Å². The van der Waals surface area contributed by atoms with Gasteiger partial charge in [-0.3, -0.25) is 4.90 Å². The fourth-order valence-corrected chi connectivity index (χ4v) is 7.14. The Balaban J connectivity index is 1.18. The SMILES string of the molecule is Cc1ccccc1-c1cc(-c2ccc(N(c3ccc4c(c3)C(C)(C)c3ccccc3-4)c3ccccn3)cc2)ccc1Nc1ccccc1. The molecule has 232 valence electrons. The number of pyridine rings is 1. The molecule has 0 saturated heterocycles. The second kappa shape index (κ2) is 12.0. The van der Waals surface area contributed by atoms with Crippen LogP contribution in [0.2, 0.25) is 0 Å². The Morgan fingerprint density at radius 1 is 0.521 bits per heavy atom. The summed E-state index contributed by atoms with van der Waals surface area (Å²) in [6, 6.07) is 56.3. The molecule has 8 rings (SSSR count). The smallest absolute Gasteiger partial charge is 0.137 e. The van der Waals surface area contributed by atoms with Gasteiger partial charge < -0.3 is 5.32 Å². The third-order valence-corrected chi connectivity index (χ3v) is 9.67. The third kappa shape index (κ3) is 5.24. The maximum Gasteiger partial charge on any atom is 0.137 e. The number of fused-ring (bicyclic) bond motifs is 3. The molecule has 0 amide bonds. The second-order valence-electron chi connectivity index (χ2n) is 13.0. The fraction of sp³-hybridized carbons (Fsp3) is 0.0889. The molecule has 6 aromatic carbocycles. The van der Waals surface area contributed by atoms with Crippen LogP contribution in [-0.2, 0) is 5.41 Å². The number of hydrogen-bond acceptors (Lipinski definition) is 3. The Labute approximate surface area is 283 Å². The van der Waals surface area contributed by atoms with Crippen molar-refractivity contribution in [2.45, 2.75) is 26.2 Å². The van der Waals surface area contributed by atoms with Crippen LogP contribution in [0.3, 0.4) is 0 Å². The molecule has 7 aromatic rings. The molecule has 0 saturated carbocycles. The zero-order chi connectivity index (χ0) is 32.7. The van der Waals surface area contributed by atoms with E-state index in [0.29, 0.717) is 0 Å². The van der Waals surface area contributed by atoms with Crippen LogP contribution < -0.4 is 10.2 Å². The average molecular weight is 620 g/mol. The highest BCUT2D eigenvalue weighted by Gasteiger charge is 2.35. The van der Waals surface area contributed by atoms with Gasteiger partial charge in [0.25, 0.3) is 0 Å². The second-order valence-corrected chi connectivity index (χ2v) is 13.0. The van der Waals surface area contributed by atoms with Crippen molar-refractivity contribution in [1.29, 1.82) is 0 Å². The lowest BCUT2D eigenvalue weighted by Gasteiger charge is -2.27. The van der Waals surface area contributed by atoms with Gasteiger partial charge in [0, 0.05) is 39.9 Å². The standard InChI is InChI=1S/C45H37N3/c1-31-13-7-8-16-37(31)40-29-33(22-27-43(40)47-34-14-5-4-6-15-34)32-20-23-35(24-21-32)48(44-19-11-12-28-46-44)36-25-26-39-38-17-9-10-18-41(38)45(2,3)42(39)30-36/h4-30,47H,1-3H3. The minimum absolute atomic E-state index is 0.0854. The van der Waals surface area contributed by atoms with E-state index in [0.717, 1.165) is 34.1 Å². The lowest BCUT2D eigenvalue weighted by Crippen LogP contribution is -2.16. The average Bonchev–Trinajstić information content (AvgIpc) is 3.36. The van der Waals surface area contributed by atoms with Crippen molar-refractivity contribution in [3.63, 3.8) is 0 Å². The summed E-state index contributed by atoms with van der Waals surface area (Å²) < 4.78 is 0. The largest absolute Gasteiger partial charge is 0.355 e. The van der Waals surface area contributed by atoms with Crippen LogP contribution in [0.25, 0.3) is 33.4 Å². The molecule has 0 aliphatic heterocycles. The van der Waals surface area contributed by atoms with E-state index in [2.05, 4.69) is 177 Å². The van der Waals surface area contributed by atoms with E-state index in [1.807, 2.05) is 18.3 Å². The number of nitrogens with zero attached hydrogens (tertiary/aromatic N) is 2. The number of hydrogen-bond donors (Lipinski definition) is 1. The summed E-state index contributed by atoms with van der Waals surface area (Å²) in [5.74, 6) is 0.886. The van der Waals surface area contributed by atoms with Gasteiger partial charge >= 0.3 is 0 Å². The first kappa shape index (κ1) is 29.5. The Morgan fingerprint density at radius 2 is 1.19 bits per heavy atom. The van der Waals surface area contributed by atoms with Crippen molar-refractivity contribution in [1.82, 2.24) is 4.98 Å². The Hall–Kier alpha value is -5.93. The molecule has 0 bridgehead atoms. The molecule has 1 aliphatic carbocycles. The number of nitrogens with one attached hydrogen (secondary N) is 1. The highest BCUT2D eigenvalue weighted by Crippen LogP contribution is 2.50. The molecule has 0 spiro atoms. The highest BCUT2D eigenvalue weighted by molar-refractivity contribution is 5.88. The van der Waals surface area contributed by atoms with Crippen molar-refractivity contribution < 1.29 is 0 Å². The fourth-order valence-electron chi connectivity index (χ4n) is 7.14. The van der Waals surface area contributed by atoms with Gasteiger partial charge in [0.1, 0.15) is 5.82 Å². The van der Waals surface area contributed by atoms with E-state index in [4.69, 9.17) is 4.98 Å².